The minimum Gasteiger partial charge on any atom is -0.341 e. The molecule has 0 aromatic rings. The molecule has 0 unspecified atom stereocenters. The van der Waals surface area contributed by atoms with Crippen LogP contribution < -0.4 is 5.32 Å². The van der Waals surface area contributed by atoms with E-state index in [4.69, 9.17) is 0 Å². The largest absolute Gasteiger partial charge is 0.341 e. The second kappa shape index (κ2) is 8.76. The lowest BCUT2D eigenvalue weighted by molar-refractivity contribution is -0.132. The molecular formula is C14H27ClN2O. The van der Waals surface area contributed by atoms with Gasteiger partial charge in [-0.25, -0.2) is 0 Å². The number of hydrogen-bond donors (Lipinski definition) is 1. The van der Waals surface area contributed by atoms with Crippen molar-refractivity contribution in [3.63, 3.8) is 0 Å². The lowest BCUT2D eigenvalue weighted by Crippen LogP contribution is -2.35. The summed E-state index contributed by atoms with van der Waals surface area (Å²) in [5.41, 5.74) is 0. The number of nitrogens with one attached hydrogen (secondary N) is 1. The van der Waals surface area contributed by atoms with Crippen LogP contribution in [0, 0.1) is 5.92 Å². The Morgan fingerprint density at radius 3 is 2.44 bits per heavy atom. The molecule has 0 aromatic carbocycles. The van der Waals surface area contributed by atoms with E-state index in [9.17, 15) is 4.79 Å². The zero-order chi connectivity index (χ0) is 11.9. The van der Waals surface area contributed by atoms with Crippen LogP contribution in [0.1, 0.15) is 51.4 Å². The van der Waals surface area contributed by atoms with Gasteiger partial charge in [0.05, 0.1) is 0 Å². The van der Waals surface area contributed by atoms with E-state index in [2.05, 4.69) is 10.2 Å². The molecule has 1 heterocycles. The summed E-state index contributed by atoms with van der Waals surface area (Å²) >= 11 is 0. The molecule has 4 heteroatoms. The summed E-state index contributed by atoms with van der Waals surface area (Å²) in [6.07, 6.45) is 9.88. The molecule has 0 atom stereocenters. The van der Waals surface area contributed by atoms with Crippen LogP contribution in [0.4, 0.5) is 0 Å². The summed E-state index contributed by atoms with van der Waals surface area (Å²) in [7, 11) is 0. The first-order valence-electron chi connectivity index (χ1n) is 7.35. The highest BCUT2D eigenvalue weighted by Gasteiger charge is 2.20. The minimum absolute atomic E-state index is 0. The topological polar surface area (TPSA) is 32.3 Å². The first kappa shape index (κ1) is 15.8. The van der Waals surface area contributed by atoms with E-state index in [1.165, 1.54) is 38.5 Å². The van der Waals surface area contributed by atoms with E-state index < -0.39 is 0 Å². The van der Waals surface area contributed by atoms with Gasteiger partial charge in [-0.05, 0) is 31.7 Å². The first-order valence-corrected chi connectivity index (χ1v) is 7.35. The smallest absolute Gasteiger partial charge is 0.222 e. The molecule has 18 heavy (non-hydrogen) atoms. The highest BCUT2D eigenvalue weighted by Crippen LogP contribution is 2.26. The first-order chi connectivity index (χ1) is 8.36. The van der Waals surface area contributed by atoms with Crippen LogP contribution in [0.15, 0.2) is 0 Å². The lowest BCUT2D eigenvalue weighted by Gasteiger charge is -2.23. The number of carbonyl (C=O) groups excluding carboxylic acids is 1. The maximum absolute atomic E-state index is 12.2. The van der Waals surface area contributed by atoms with Crippen LogP contribution in [0.5, 0.6) is 0 Å². The Balaban J connectivity index is 0.00000162. The third kappa shape index (κ3) is 5.15. The standard InChI is InChI=1S/C14H26N2O.ClH/c17-14(16-10-5-8-15-9-11-16)12-13-6-3-1-2-4-7-13;/h13,15H,1-12H2;1H. The van der Waals surface area contributed by atoms with Crippen molar-refractivity contribution in [2.75, 3.05) is 26.2 Å². The fourth-order valence-corrected chi connectivity index (χ4v) is 3.04. The van der Waals surface area contributed by atoms with Crippen molar-refractivity contribution in [3.8, 4) is 0 Å². The molecule has 1 amide bonds. The molecule has 2 rings (SSSR count). The molecule has 2 aliphatic rings. The molecule has 2 fully saturated rings. The van der Waals surface area contributed by atoms with E-state index in [1.807, 2.05) is 0 Å². The van der Waals surface area contributed by atoms with Crippen molar-refractivity contribution < 1.29 is 4.79 Å². The number of halogens is 1. The van der Waals surface area contributed by atoms with Gasteiger partial charge in [0.25, 0.3) is 0 Å². The van der Waals surface area contributed by atoms with Crippen molar-refractivity contribution in [1.82, 2.24) is 10.2 Å². The van der Waals surface area contributed by atoms with Gasteiger partial charge in [0, 0.05) is 26.1 Å². The average molecular weight is 275 g/mol. The quantitative estimate of drug-likeness (QED) is 0.785. The third-order valence-corrected chi connectivity index (χ3v) is 4.13. The Labute approximate surface area is 117 Å². The fourth-order valence-electron chi connectivity index (χ4n) is 3.04. The number of hydrogen-bond acceptors (Lipinski definition) is 2. The lowest BCUT2D eigenvalue weighted by atomic mass is 9.96. The SMILES string of the molecule is Cl.O=C(CC1CCCCCC1)N1CCCNCC1. The highest BCUT2D eigenvalue weighted by atomic mass is 35.5. The Morgan fingerprint density at radius 2 is 1.72 bits per heavy atom. The molecule has 1 aliphatic carbocycles. The number of rotatable bonds is 2. The Kier molecular flexibility index (Phi) is 7.68. The number of carbonyl (C=O) groups is 1. The van der Waals surface area contributed by atoms with Gasteiger partial charge in [-0.3, -0.25) is 4.79 Å². The normalized spacial score (nSPS) is 22.8. The van der Waals surface area contributed by atoms with Crippen LogP contribution >= 0.6 is 12.4 Å². The van der Waals surface area contributed by atoms with Crippen molar-refractivity contribution in [1.29, 1.82) is 0 Å². The van der Waals surface area contributed by atoms with Crippen LogP contribution in [0.3, 0.4) is 0 Å². The molecule has 0 bridgehead atoms. The molecular weight excluding hydrogens is 248 g/mol. The maximum atomic E-state index is 12.2. The fraction of sp³-hybridized carbons (Fsp3) is 0.929. The number of amides is 1. The van der Waals surface area contributed by atoms with E-state index >= 15 is 0 Å². The molecule has 1 N–H and O–H groups in total. The van der Waals surface area contributed by atoms with Crippen LogP contribution in [0.25, 0.3) is 0 Å². The predicted molar refractivity (Wildman–Crippen MR) is 77.1 cm³/mol. The molecule has 1 aliphatic heterocycles. The molecule has 0 radical (unpaired) electrons. The van der Waals surface area contributed by atoms with Crippen LogP contribution in [-0.4, -0.2) is 37.0 Å². The van der Waals surface area contributed by atoms with Gasteiger partial charge < -0.3 is 10.2 Å². The van der Waals surface area contributed by atoms with E-state index in [-0.39, 0.29) is 12.4 Å². The highest BCUT2D eigenvalue weighted by molar-refractivity contribution is 5.85. The summed E-state index contributed by atoms with van der Waals surface area (Å²) in [4.78, 5) is 14.3. The third-order valence-electron chi connectivity index (χ3n) is 4.13. The van der Waals surface area contributed by atoms with Gasteiger partial charge in [0.15, 0.2) is 0 Å². The molecule has 1 saturated carbocycles. The monoisotopic (exact) mass is 274 g/mol. The Morgan fingerprint density at radius 1 is 1.00 bits per heavy atom. The molecule has 0 spiro atoms. The summed E-state index contributed by atoms with van der Waals surface area (Å²) in [6.45, 7) is 3.90. The Hall–Kier alpha value is -0.280. The van der Waals surface area contributed by atoms with Crippen molar-refractivity contribution >= 4 is 18.3 Å². The van der Waals surface area contributed by atoms with E-state index in [0.717, 1.165) is 39.0 Å². The van der Waals surface area contributed by atoms with Gasteiger partial charge in [-0.2, -0.15) is 0 Å². The van der Waals surface area contributed by atoms with Gasteiger partial charge in [0.1, 0.15) is 0 Å². The van der Waals surface area contributed by atoms with Crippen LogP contribution in [0.2, 0.25) is 0 Å². The maximum Gasteiger partial charge on any atom is 0.222 e. The van der Waals surface area contributed by atoms with Gasteiger partial charge in [0.2, 0.25) is 5.91 Å². The van der Waals surface area contributed by atoms with E-state index in [0.29, 0.717) is 11.8 Å². The van der Waals surface area contributed by atoms with Crippen LogP contribution in [-0.2, 0) is 4.79 Å². The van der Waals surface area contributed by atoms with Gasteiger partial charge in [-0.15, -0.1) is 12.4 Å². The Bertz CT molecular complexity index is 232. The van der Waals surface area contributed by atoms with Crippen molar-refractivity contribution in [3.05, 3.63) is 0 Å². The average Bonchev–Trinajstić information content (AvgIpc) is 2.72. The molecule has 1 saturated heterocycles. The minimum atomic E-state index is 0. The second-order valence-electron chi connectivity index (χ2n) is 5.55. The summed E-state index contributed by atoms with van der Waals surface area (Å²) in [6, 6.07) is 0. The second-order valence-corrected chi connectivity index (χ2v) is 5.55. The summed E-state index contributed by atoms with van der Waals surface area (Å²) < 4.78 is 0. The predicted octanol–water partition coefficient (Wildman–Crippen LogP) is 2.59. The molecule has 0 aromatic heterocycles. The molecule has 3 nitrogen and oxygen atoms in total. The number of nitrogens with zero attached hydrogens (tertiary/aromatic N) is 1. The summed E-state index contributed by atoms with van der Waals surface area (Å²) in [5.74, 6) is 1.07. The molecule has 106 valence electrons. The van der Waals surface area contributed by atoms with Crippen molar-refractivity contribution in [2.45, 2.75) is 51.4 Å². The van der Waals surface area contributed by atoms with Gasteiger partial charge >= 0.3 is 0 Å². The zero-order valence-electron chi connectivity index (χ0n) is 11.3. The van der Waals surface area contributed by atoms with E-state index in [1.54, 1.807) is 0 Å². The summed E-state index contributed by atoms with van der Waals surface area (Å²) in [5, 5.41) is 3.35. The zero-order valence-corrected chi connectivity index (χ0v) is 12.1. The van der Waals surface area contributed by atoms with Gasteiger partial charge in [-0.1, -0.05) is 25.7 Å². The van der Waals surface area contributed by atoms with Crippen molar-refractivity contribution in [2.24, 2.45) is 5.92 Å².